The van der Waals surface area contributed by atoms with Crippen molar-refractivity contribution in [2.75, 3.05) is 6.61 Å². The van der Waals surface area contributed by atoms with Crippen LogP contribution in [0.2, 0.25) is 5.02 Å². The van der Waals surface area contributed by atoms with Crippen LogP contribution in [-0.2, 0) is 14.8 Å². The molecule has 0 aliphatic rings. The number of carbonyl (C=O) groups excluding carboxylic acids is 1. The molecule has 0 saturated heterocycles. The van der Waals surface area contributed by atoms with Crippen LogP contribution in [0, 0.1) is 0 Å². The van der Waals surface area contributed by atoms with Crippen molar-refractivity contribution in [1.82, 2.24) is 4.83 Å². The van der Waals surface area contributed by atoms with Crippen LogP contribution in [0.1, 0.15) is 5.56 Å². The molecule has 0 radical (unpaired) electrons. The number of hydrogen-bond donors (Lipinski definition) is 2. The van der Waals surface area contributed by atoms with E-state index in [0.717, 1.165) is 0 Å². The lowest BCUT2D eigenvalue weighted by atomic mass is 10.2. The number of sulfonamides is 1. The molecule has 2 aromatic rings. The van der Waals surface area contributed by atoms with Gasteiger partial charge in [0.25, 0.3) is 15.9 Å². The van der Waals surface area contributed by atoms with Gasteiger partial charge >= 0.3 is 0 Å². The summed E-state index contributed by atoms with van der Waals surface area (Å²) in [5.41, 5.74) is 5.61. The second kappa shape index (κ2) is 7.80. The Balaban J connectivity index is 1.98. The summed E-state index contributed by atoms with van der Waals surface area (Å²) in [6, 6.07) is 12.2. The first-order chi connectivity index (χ1) is 11.4. The fourth-order valence-electron chi connectivity index (χ4n) is 1.64. The molecule has 9 heteroatoms. The number of hydrazone groups is 1. The van der Waals surface area contributed by atoms with Gasteiger partial charge < -0.3 is 10.5 Å². The smallest absolute Gasteiger partial charge is 0.276 e. The van der Waals surface area contributed by atoms with Crippen LogP contribution in [0.15, 0.2) is 58.5 Å². The van der Waals surface area contributed by atoms with E-state index in [1.165, 1.54) is 30.5 Å². The number of nitrogens with one attached hydrogen (secondary N) is 1. The van der Waals surface area contributed by atoms with E-state index in [1.54, 1.807) is 24.3 Å². The Hall–Kier alpha value is -2.58. The van der Waals surface area contributed by atoms with E-state index in [-0.39, 0.29) is 11.5 Å². The zero-order chi connectivity index (χ0) is 17.6. The zero-order valence-corrected chi connectivity index (χ0v) is 13.9. The van der Waals surface area contributed by atoms with E-state index in [2.05, 4.69) is 9.93 Å². The molecule has 24 heavy (non-hydrogen) atoms. The van der Waals surface area contributed by atoms with Crippen LogP contribution in [0.4, 0.5) is 0 Å². The van der Waals surface area contributed by atoms with Gasteiger partial charge in [-0.1, -0.05) is 11.6 Å². The molecule has 126 valence electrons. The molecule has 7 nitrogen and oxygen atoms in total. The summed E-state index contributed by atoms with van der Waals surface area (Å²) in [4.78, 5) is 12.8. The highest BCUT2D eigenvalue weighted by Crippen LogP contribution is 2.14. The van der Waals surface area contributed by atoms with E-state index in [0.29, 0.717) is 16.3 Å². The normalized spacial score (nSPS) is 11.4. The van der Waals surface area contributed by atoms with Gasteiger partial charge in [-0.05, 0) is 54.1 Å². The Bertz CT molecular complexity index is 834. The quantitative estimate of drug-likeness (QED) is 0.570. The molecule has 0 saturated carbocycles. The monoisotopic (exact) mass is 367 g/mol. The van der Waals surface area contributed by atoms with Crippen LogP contribution >= 0.6 is 11.6 Å². The average molecular weight is 368 g/mol. The fraction of sp³-hybridized carbons (Fsp3) is 0.0667. The molecule has 0 unspecified atom stereocenters. The molecule has 0 atom stereocenters. The minimum Gasteiger partial charge on any atom is -0.484 e. The van der Waals surface area contributed by atoms with E-state index in [4.69, 9.17) is 22.1 Å². The third-order valence-electron chi connectivity index (χ3n) is 2.77. The van der Waals surface area contributed by atoms with Crippen molar-refractivity contribution in [2.24, 2.45) is 10.8 Å². The van der Waals surface area contributed by atoms with Gasteiger partial charge in [-0.3, -0.25) is 4.79 Å². The summed E-state index contributed by atoms with van der Waals surface area (Å²) < 4.78 is 29.1. The number of rotatable bonds is 7. The van der Waals surface area contributed by atoms with Gasteiger partial charge in [0, 0.05) is 5.02 Å². The van der Waals surface area contributed by atoms with Crippen LogP contribution in [0.3, 0.4) is 0 Å². The molecule has 0 aliphatic carbocycles. The van der Waals surface area contributed by atoms with E-state index < -0.39 is 15.9 Å². The molecule has 1 amide bonds. The first kappa shape index (κ1) is 17.8. The minimum atomic E-state index is -3.76. The lowest BCUT2D eigenvalue weighted by Crippen LogP contribution is -2.20. The number of benzene rings is 2. The first-order valence-corrected chi connectivity index (χ1v) is 8.54. The number of ether oxygens (including phenoxy) is 1. The molecule has 2 aromatic carbocycles. The van der Waals surface area contributed by atoms with Gasteiger partial charge in [0.15, 0.2) is 6.61 Å². The van der Waals surface area contributed by atoms with Crippen molar-refractivity contribution >= 4 is 33.7 Å². The van der Waals surface area contributed by atoms with Gasteiger partial charge in [-0.15, -0.1) is 0 Å². The molecule has 0 heterocycles. The Kier molecular flexibility index (Phi) is 5.78. The molecule has 0 aliphatic heterocycles. The van der Waals surface area contributed by atoms with Crippen molar-refractivity contribution in [3.63, 3.8) is 0 Å². The van der Waals surface area contributed by atoms with E-state index in [9.17, 15) is 13.2 Å². The molecule has 2 rings (SSSR count). The number of nitrogens with two attached hydrogens (primary N) is 1. The zero-order valence-electron chi connectivity index (χ0n) is 12.3. The summed E-state index contributed by atoms with van der Waals surface area (Å²) in [6.45, 7) is -0.214. The van der Waals surface area contributed by atoms with Gasteiger partial charge in [-0.25, -0.2) is 4.83 Å². The fourth-order valence-corrected chi connectivity index (χ4v) is 2.56. The lowest BCUT2D eigenvalue weighted by molar-refractivity contribution is -0.119. The summed E-state index contributed by atoms with van der Waals surface area (Å²) in [7, 11) is -3.76. The molecule has 3 N–H and O–H groups in total. The maximum Gasteiger partial charge on any atom is 0.276 e. The van der Waals surface area contributed by atoms with Crippen molar-refractivity contribution < 1.29 is 17.9 Å². The Morgan fingerprint density at radius 3 is 2.38 bits per heavy atom. The number of amides is 1. The third kappa shape index (κ3) is 5.25. The van der Waals surface area contributed by atoms with Gasteiger partial charge in [0.05, 0.1) is 11.1 Å². The number of halogens is 1. The van der Waals surface area contributed by atoms with Gasteiger partial charge in [-0.2, -0.15) is 13.5 Å². The van der Waals surface area contributed by atoms with Crippen LogP contribution in [0.25, 0.3) is 0 Å². The first-order valence-electron chi connectivity index (χ1n) is 6.68. The highest BCUT2D eigenvalue weighted by Gasteiger charge is 2.11. The predicted molar refractivity (Wildman–Crippen MR) is 90.5 cm³/mol. The van der Waals surface area contributed by atoms with Crippen molar-refractivity contribution in [3.8, 4) is 5.75 Å². The van der Waals surface area contributed by atoms with Crippen LogP contribution < -0.4 is 15.3 Å². The molecule has 0 aromatic heterocycles. The Morgan fingerprint density at radius 1 is 1.17 bits per heavy atom. The Labute approximate surface area is 144 Å². The largest absolute Gasteiger partial charge is 0.484 e. The number of nitrogens with zero attached hydrogens (tertiary/aromatic N) is 1. The maximum absolute atomic E-state index is 12.0. The van der Waals surface area contributed by atoms with Gasteiger partial charge in [0.1, 0.15) is 5.75 Å². The van der Waals surface area contributed by atoms with Gasteiger partial charge in [0.2, 0.25) is 0 Å². The number of primary amides is 1. The molecule has 0 spiro atoms. The number of carbonyl (C=O) groups is 1. The number of hydrogen-bond acceptors (Lipinski definition) is 5. The van der Waals surface area contributed by atoms with Crippen molar-refractivity contribution in [2.45, 2.75) is 4.90 Å². The summed E-state index contributed by atoms with van der Waals surface area (Å²) >= 11 is 5.72. The summed E-state index contributed by atoms with van der Waals surface area (Å²) in [5, 5.41) is 4.15. The lowest BCUT2D eigenvalue weighted by Gasteiger charge is -2.04. The maximum atomic E-state index is 12.0. The van der Waals surface area contributed by atoms with Crippen molar-refractivity contribution in [3.05, 3.63) is 59.1 Å². The predicted octanol–water partition coefficient (Wildman–Crippen LogP) is 1.52. The van der Waals surface area contributed by atoms with Crippen LogP contribution in [0.5, 0.6) is 5.75 Å². The minimum absolute atomic E-state index is 0.0549. The molecular weight excluding hydrogens is 354 g/mol. The highest BCUT2D eigenvalue weighted by molar-refractivity contribution is 7.89. The average Bonchev–Trinajstić information content (AvgIpc) is 2.54. The van der Waals surface area contributed by atoms with Crippen molar-refractivity contribution in [1.29, 1.82) is 0 Å². The topological polar surface area (TPSA) is 111 Å². The third-order valence-corrected chi connectivity index (χ3v) is 4.26. The summed E-state index contributed by atoms with van der Waals surface area (Å²) in [5.74, 6) is -0.107. The molecule has 0 fully saturated rings. The standard InChI is InChI=1S/C15H14ClN3O4S/c16-12-3-7-14(8-4-12)24(21,22)19-18-9-11-1-5-13(6-2-11)23-10-15(17)20/h1-9,19H,10H2,(H2,17,20). The molecule has 0 bridgehead atoms. The van der Waals surface area contributed by atoms with Crippen LogP contribution in [-0.4, -0.2) is 27.1 Å². The second-order valence-corrected chi connectivity index (χ2v) is 6.73. The Morgan fingerprint density at radius 2 is 1.79 bits per heavy atom. The second-order valence-electron chi connectivity index (χ2n) is 4.63. The summed E-state index contributed by atoms with van der Waals surface area (Å²) in [6.07, 6.45) is 1.34. The van der Waals surface area contributed by atoms with E-state index >= 15 is 0 Å². The SMILES string of the molecule is NC(=O)COc1ccc(C=NNS(=O)(=O)c2ccc(Cl)cc2)cc1. The molecular formula is C15H14ClN3O4S. The van der Waals surface area contributed by atoms with E-state index in [1.807, 2.05) is 0 Å². The highest BCUT2D eigenvalue weighted by atomic mass is 35.5.